The Kier molecular flexibility index (Phi) is 4.27. The molecule has 0 saturated carbocycles. The zero-order valence-corrected chi connectivity index (χ0v) is 13.5. The van der Waals surface area contributed by atoms with Crippen molar-refractivity contribution in [2.45, 2.75) is 30.9 Å². The van der Waals surface area contributed by atoms with E-state index in [4.69, 9.17) is 0 Å². The van der Waals surface area contributed by atoms with Crippen LogP contribution in [0.25, 0.3) is 0 Å². The smallest absolute Gasteiger partial charge is 0.220 e. The Morgan fingerprint density at radius 3 is 2.71 bits per heavy atom. The van der Waals surface area contributed by atoms with Crippen LogP contribution in [0, 0.1) is 0 Å². The molecule has 2 rings (SSSR count). The number of fused-ring (bicyclic) bond motifs is 1. The number of anilines is 1. The molecule has 0 aromatic heterocycles. The molecule has 0 aliphatic carbocycles. The molecule has 1 unspecified atom stereocenters. The molecular formula is C15H22N2O3S. The number of sulfone groups is 1. The van der Waals surface area contributed by atoms with E-state index in [1.807, 2.05) is 24.3 Å². The summed E-state index contributed by atoms with van der Waals surface area (Å²) in [5.74, 6) is 0.0257. The first-order valence-corrected chi connectivity index (χ1v) is 8.89. The van der Waals surface area contributed by atoms with Crippen molar-refractivity contribution in [1.82, 2.24) is 5.32 Å². The number of para-hydroxylation sites is 1. The molecule has 0 fully saturated rings. The van der Waals surface area contributed by atoms with Crippen LogP contribution >= 0.6 is 0 Å². The molecule has 21 heavy (non-hydrogen) atoms. The zero-order chi connectivity index (χ0) is 15.7. The predicted octanol–water partition coefficient (Wildman–Crippen LogP) is 1.53. The van der Waals surface area contributed by atoms with Crippen molar-refractivity contribution in [3.63, 3.8) is 0 Å². The van der Waals surface area contributed by atoms with Gasteiger partial charge < -0.3 is 10.6 Å². The molecular weight excluding hydrogens is 288 g/mol. The number of hydrogen-bond donors (Lipinski definition) is 2. The standard InChI is InChI=1S/C15H22N2O3S/c1-15(2,21(3,19)20)10-17-14(18)8-11-9-16-13-7-5-4-6-12(11)13/h4-7,11,16H,8-10H2,1-3H3,(H,17,18). The minimum absolute atomic E-state index is 0.116. The number of carbonyl (C=O) groups excluding carboxylic acids is 1. The average molecular weight is 310 g/mol. The van der Waals surface area contributed by atoms with E-state index in [1.165, 1.54) is 6.26 Å². The van der Waals surface area contributed by atoms with Gasteiger partial charge in [0.15, 0.2) is 9.84 Å². The van der Waals surface area contributed by atoms with Crippen molar-refractivity contribution in [1.29, 1.82) is 0 Å². The Morgan fingerprint density at radius 1 is 1.38 bits per heavy atom. The van der Waals surface area contributed by atoms with Crippen molar-refractivity contribution in [3.8, 4) is 0 Å². The summed E-state index contributed by atoms with van der Waals surface area (Å²) in [6.45, 7) is 4.11. The van der Waals surface area contributed by atoms with Crippen LogP contribution in [-0.4, -0.2) is 38.4 Å². The summed E-state index contributed by atoms with van der Waals surface area (Å²) >= 11 is 0. The van der Waals surface area contributed by atoms with E-state index in [0.717, 1.165) is 17.8 Å². The number of amides is 1. The molecule has 0 radical (unpaired) electrons. The van der Waals surface area contributed by atoms with Gasteiger partial charge in [0.05, 0.1) is 4.75 Å². The van der Waals surface area contributed by atoms with Crippen LogP contribution in [0.2, 0.25) is 0 Å². The third-order valence-corrected chi connectivity index (χ3v) is 6.24. The van der Waals surface area contributed by atoms with Crippen molar-refractivity contribution in [3.05, 3.63) is 29.8 Å². The first-order valence-electron chi connectivity index (χ1n) is 7.00. The summed E-state index contributed by atoms with van der Waals surface area (Å²) in [6, 6.07) is 7.94. The van der Waals surface area contributed by atoms with Crippen LogP contribution in [0.5, 0.6) is 0 Å². The average Bonchev–Trinajstić information content (AvgIpc) is 2.79. The predicted molar refractivity (Wildman–Crippen MR) is 84.2 cm³/mol. The fourth-order valence-electron chi connectivity index (χ4n) is 2.28. The second-order valence-electron chi connectivity index (χ2n) is 6.18. The summed E-state index contributed by atoms with van der Waals surface area (Å²) < 4.78 is 22.3. The van der Waals surface area contributed by atoms with Gasteiger partial charge in [0, 0.05) is 37.4 Å². The summed E-state index contributed by atoms with van der Waals surface area (Å²) in [6.07, 6.45) is 1.56. The monoisotopic (exact) mass is 310 g/mol. The van der Waals surface area contributed by atoms with Gasteiger partial charge in [-0.15, -0.1) is 0 Å². The fourth-order valence-corrected chi connectivity index (χ4v) is 2.61. The molecule has 1 aliphatic rings. The van der Waals surface area contributed by atoms with Crippen molar-refractivity contribution < 1.29 is 13.2 Å². The Labute approximate surface area is 126 Å². The first kappa shape index (κ1) is 15.8. The molecule has 0 spiro atoms. The lowest BCUT2D eigenvalue weighted by Crippen LogP contribution is -2.44. The zero-order valence-electron chi connectivity index (χ0n) is 12.6. The molecule has 1 aromatic carbocycles. The Balaban J connectivity index is 1.92. The quantitative estimate of drug-likeness (QED) is 0.865. The van der Waals surface area contributed by atoms with Gasteiger partial charge in [0.2, 0.25) is 5.91 Å². The summed E-state index contributed by atoms with van der Waals surface area (Å²) in [7, 11) is -3.20. The number of benzene rings is 1. The van der Waals surface area contributed by atoms with Crippen molar-refractivity contribution in [2.75, 3.05) is 24.7 Å². The highest BCUT2D eigenvalue weighted by Gasteiger charge is 2.31. The third-order valence-electron chi connectivity index (χ3n) is 4.09. The summed E-state index contributed by atoms with van der Waals surface area (Å²) in [5.41, 5.74) is 2.22. The normalized spacial score (nSPS) is 18.0. The van der Waals surface area contributed by atoms with Gasteiger partial charge >= 0.3 is 0 Å². The molecule has 6 heteroatoms. The van der Waals surface area contributed by atoms with Gasteiger partial charge in [-0.2, -0.15) is 0 Å². The molecule has 1 heterocycles. The van der Waals surface area contributed by atoms with Crippen molar-refractivity contribution in [2.24, 2.45) is 0 Å². The number of rotatable bonds is 5. The van der Waals surface area contributed by atoms with Crippen LogP contribution in [0.15, 0.2) is 24.3 Å². The van der Waals surface area contributed by atoms with Crippen LogP contribution in [0.4, 0.5) is 5.69 Å². The highest BCUT2D eigenvalue weighted by Crippen LogP contribution is 2.33. The molecule has 1 atom stereocenters. The van der Waals surface area contributed by atoms with Crippen LogP contribution in [0.1, 0.15) is 31.7 Å². The maximum atomic E-state index is 12.0. The molecule has 0 bridgehead atoms. The van der Waals surface area contributed by atoms with Crippen molar-refractivity contribution >= 4 is 21.4 Å². The lowest BCUT2D eigenvalue weighted by Gasteiger charge is -2.23. The molecule has 0 saturated heterocycles. The highest BCUT2D eigenvalue weighted by molar-refractivity contribution is 7.92. The fraction of sp³-hybridized carbons (Fsp3) is 0.533. The molecule has 1 aromatic rings. The van der Waals surface area contributed by atoms with E-state index < -0.39 is 14.6 Å². The van der Waals surface area contributed by atoms with E-state index >= 15 is 0 Å². The maximum Gasteiger partial charge on any atom is 0.220 e. The number of hydrogen-bond acceptors (Lipinski definition) is 4. The van der Waals surface area contributed by atoms with E-state index in [1.54, 1.807) is 13.8 Å². The minimum atomic E-state index is -3.20. The molecule has 5 nitrogen and oxygen atoms in total. The number of nitrogens with one attached hydrogen (secondary N) is 2. The van der Waals surface area contributed by atoms with Gasteiger partial charge in [-0.1, -0.05) is 18.2 Å². The SMILES string of the molecule is CC(C)(CNC(=O)CC1CNc2ccccc21)S(C)(=O)=O. The lowest BCUT2D eigenvalue weighted by molar-refractivity contribution is -0.121. The topological polar surface area (TPSA) is 75.3 Å². The Bertz CT molecular complexity index is 638. The molecule has 116 valence electrons. The first-order chi connectivity index (χ1) is 9.71. The highest BCUT2D eigenvalue weighted by atomic mass is 32.2. The largest absolute Gasteiger partial charge is 0.384 e. The van der Waals surface area contributed by atoms with Gasteiger partial charge in [-0.3, -0.25) is 4.79 Å². The van der Waals surface area contributed by atoms with E-state index in [0.29, 0.717) is 6.42 Å². The Morgan fingerprint density at radius 2 is 2.05 bits per heavy atom. The lowest BCUT2D eigenvalue weighted by atomic mass is 9.97. The second-order valence-corrected chi connectivity index (χ2v) is 8.83. The van der Waals surface area contributed by atoms with Gasteiger partial charge in [-0.25, -0.2) is 8.42 Å². The molecule has 1 aliphatic heterocycles. The second kappa shape index (κ2) is 5.67. The van der Waals surface area contributed by atoms with E-state index in [-0.39, 0.29) is 18.4 Å². The molecule has 2 N–H and O–H groups in total. The van der Waals surface area contributed by atoms with Gasteiger partial charge in [0.25, 0.3) is 0 Å². The summed E-state index contributed by atoms with van der Waals surface area (Å²) in [5, 5.41) is 6.02. The van der Waals surface area contributed by atoms with Crippen LogP contribution in [-0.2, 0) is 14.6 Å². The van der Waals surface area contributed by atoms with Gasteiger partial charge in [0.1, 0.15) is 0 Å². The Hall–Kier alpha value is -1.56. The van der Waals surface area contributed by atoms with E-state index in [2.05, 4.69) is 10.6 Å². The molecule has 1 amide bonds. The van der Waals surface area contributed by atoms with Crippen LogP contribution < -0.4 is 10.6 Å². The maximum absolute atomic E-state index is 12.0. The van der Waals surface area contributed by atoms with Gasteiger partial charge in [-0.05, 0) is 25.5 Å². The van der Waals surface area contributed by atoms with Crippen LogP contribution in [0.3, 0.4) is 0 Å². The number of carbonyl (C=O) groups is 1. The van der Waals surface area contributed by atoms with E-state index in [9.17, 15) is 13.2 Å². The summed E-state index contributed by atoms with van der Waals surface area (Å²) in [4.78, 5) is 12.0. The minimum Gasteiger partial charge on any atom is -0.384 e. The third kappa shape index (κ3) is 3.56.